The fraction of sp³-hybridized carbons (Fsp3) is 0.571. The summed E-state index contributed by atoms with van der Waals surface area (Å²) >= 11 is 0. The second-order valence-corrected chi connectivity index (χ2v) is 7.15. The van der Waals surface area contributed by atoms with Gasteiger partial charge in [0.25, 0.3) is 7.59 Å². The van der Waals surface area contributed by atoms with Crippen LogP contribution in [-0.2, 0) is 15.9 Å². The third-order valence-corrected chi connectivity index (χ3v) is 5.00. The summed E-state index contributed by atoms with van der Waals surface area (Å²) in [5, 5.41) is 5.94. The zero-order valence-corrected chi connectivity index (χ0v) is 13.8. The Labute approximate surface area is 127 Å². The summed E-state index contributed by atoms with van der Waals surface area (Å²) in [6, 6.07) is 9.95. The number of ether oxygens (including phenoxy) is 1. The van der Waals surface area contributed by atoms with Crippen LogP contribution in [0.4, 0.5) is 0 Å². The average molecular weight is 314 g/mol. The van der Waals surface area contributed by atoms with E-state index in [0.717, 1.165) is 18.5 Å². The Morgan fingerprint density at radius 1 is 1.29 bits per heavy atom. The molecular formula is C14H27N4O2P. The third-order valence-electron chi connectivity index (χ3n) is 3.11. The van der Waals surface area contributed by atoms with E-state index in [4.69, 9.17) is 10.2 Å². The minimum atomic E-state index is -2.96. The molecular weight excluding hydrogens is 287 g/mol. The summed E-state index contributed by atoms with van der Waals surface area (Å²) < 4.78 is 19.5. The first-order valence-corrected chi connectivity index (χ1v) is 8.91. The molecule has 6 nitrogen and oxygen atoms in total. The van der Waals surface area contributed by atoms with Crippen LogP contribution in [0, 0.1) is 0 Å². The maximum Gasteiger partial charge on any atom is 0.278 e. The topological polar surface area (TPSA) is 79.6 Å². The Bertz CT molecular complexity index is 430. The number of benzene rings is 1. The second-order valence-electron chi connectivity index (χ2n) is 4.91. The van der Waals surface area contributed by atoms with Gasteiger partial charge in [-0.3, -0.25) is 10.1 Å². The maximum atomic E-state index is 12.3. The molecule has 0 saturated carbocycles. The number of rotatable bonds is 11. The molecule has 0 aliphatic carbocycles. The van der Waals surface area contributed by atoms with E-state index in [0.29, 0.717) is 26.3 Å². The van der Waals surface area contributed by atoms with Crippen LogP contribution in [0.25, 0.3) is 0 Å². The minimum absolute atomic E-state index is 0.469. The highest BCUT2D eigenvalue weighted by Gasteiger charge is 2.20. The Morgan fingerprint density at radius 3 is 2.67 bits per heavy atom. The number of hydrogen-bond donors (Lipinski definition) is 3. The molecule has 0 fully saturated rings. The van der Waals surface area contributed by atoms with Gasteiger partial charge in [-0.05, 0) is 32.6 Å². The highest BCUT2D eigenvalue weighted by atomic mass is 31.2. The van der Waals surface area contributed by atoms with E-state index in [1.54, 1.807) is 11.7 Å². The Kier molecular flexibility index (Phi) is 8.76. The first kappa shape index (κ1) is 18.3. The lowest BCUT2D eigenvalue weighted by atomic mass is 10.2. The molecule has 0 aromatic heterocycles. The van der Waals surface area contributed by atoms with Crippen LogP contribution in [0.2, 0.25) is 0 Å². The first-order chi connectivity index (χ1) is 10.1. The quantitative estimate of drug-likeness (QED) is 0.423. The normalized spacial score (nSPS) is 14.3. The lowest BCUT2D eigenvalue weighted by molar-refractivity contribution is 0.125. The second kappa shape index (κ2) is 10.1. The van der Waals surface area contributed by atoms with Crippen molar-refractivity contribution in [1.29, 1.82) is 0 Å². The van der Waals surface area contributed by atoms with Crippen molar-refractivity contribution in [2.45, 2.75) is 13.0 Å². The van der Waals surface area contributed by atoms with Gasteiger partial charge in [0.1, 0.15) is 0 Å². The highest BCUT2D eigenvalue weighted by molar-refractivity contribution is 7.56. The molecule has 0 amide bonds. The zero-order valence-electron chi connectivity index (χ0n) is 12.9. The van der Waals surface area contributed by atoms with Crippen LogP contribution >= 0.6 is 7.59 Å². The molecule has 0 spiro atoms. The Balaban J connectivity index is 2.16. The molecule has 4 N–H and O–H groups in total. The fourth-order valence-electron chi connectivity index (χ4n) is 1.80. The lowest BCUT2D eigenvalue weighted by Crippen LogP contribution is -2.33. The van der Waals surface area contributed by atoms with E-state index in [1.807, 2.05) is 37.4 Å². The molecule has 0 saturated heterocycles. The van der Waals surface area contributed by atoms with Gasteiger partial charge in [-0.15, -0.1) is 0 Å². The average Bonchev–Trinajstić information content (AvgIpc) is 2.48. The lowest BCUT2D eigenvalue weighted by Gasteiger charge is -2.25. The molecule has 0 heterocycles. The monoisotopic (exact) mass is 314 g/mol. The van der Waals surface area contributed by atoms with E-state index < -0.39 is 7.59 Å². The number of hydrogen-bond acceptors (Lipinski definition) is 3. The van der Waals surface area contributed by atoms with Crippen molar-refractivity contribution in [1.82, 2.24) is 15.1 Å². The number of nitrogens with two attached hydrogens (primary N) is 1. The molecule has 0 bridgehead atoms. The maximum absolute atomic E-state index is 12.3. The van der Waals surface area contributed by atoms with Crippen LogP contribution in [0.15, 0.2) is 30.3 Å². The van der Waals surface area contributed by atoms with Gasteiger partial charge in [0, 0.05) is 13.1 Å². The van der Waals surface area contributed by atoms with E-state index in [2.05, 4.69) is 10.4 Å². The molecule has 1 aromatic rings. The predicted octanol–water partition coefficient (Wildman–Crippen LogP) is 1.40. The Morgan fingerprint density at radius 2 is 2.00 bits per heavy atom. The van der Waals surface area contributed by atoms with Gasteiger partial charge >= 0.3 is 0 Å². The van der Waals surface area contributed by atoms with Crippen molar-refractivity contribution < 1.29 is 9.30 Å². The van der Waals surface area contributed by atoms with Gasteiger partial charge in [-0.25, -0.2) is 9.76 Å². The van der Waals surface area contributed by atoms with E-state index in [1.165, 1.54) is 0 Å². The predicted molar refractivity (Wildman–Crippen MR) is 87.1 cm³/mol. The molecule has 0 aliphatic rings. The standard InChI is InChI=1S/C14H27N4O2P/c1-16-9-6-11-18(2)21(15,19)17-10-12-20-13-14-7-4-3-5-8-14/h3-5,7-8,16H,6,9-13H2,1-2H3,(H3,15,17,19). The smallest absolute Gasteiger partial charge is 0.278 e. The SMILES string of the molecule is CNCCCN(C)P(N)(=O)NCCOCc1ccccc1. The summed E-state index contributed by atoms with van der Waals surface area (Å²) in [6.45, 7) is 3.06. The van der Waals surface area contributed by atoms with Gasteiger partial charge in [-0.1, -0.05) is 30.3 Å². The fourth-order valence-corrected chi connectivity index (χ4v) is 2.89. The van der Waals surface area contributed by atoms with Crippen molar-refractivity contribution in [3.63, 3.8) is 0 Å². The van der Waals surface area contributed by atoms with Crippen molar-refractivity contribution in [2.75, 3.05) is 40.3 Å². The summed E-state index contributed by atoms with van der Waals surface area (Å²) in [4.78, 5) is 0. The van der Waals surface area contributed by atoms with Crippen LogP contribution in [0.3, 0.4) is 0 Å². The van der Waals surface area contributed by atoms with Gasteiger partial charge in [0.15, 0.2) is 0 Å². The van der Waals surface area contributed by atoms with Crippen molar-refractivity contribution in [2.24, 2.45) is 5.50 Å². The molecule has 7 heteroatoms. The molecule has 1 unspecified atom stereocenters. The summed E-state index contributed by atoms with van der Waals surface area (Å²) in [5.41, 5.74) is 6.95. The van der Waals surface area contributed by atoms with Crippen molar-refractivity contribution >= 4 is 7.59 Å². The molecule has 1 atom stereocenters. The number of nitrogens with one attached hydrogen (secondary N) is 2. The molecule has 0 aliphatic heterocycles. The van der Waals surface area contributed by atoms with Crippen molar-refractivity contribution in [3.05, 3.63) is 35.9 Å². The van der Waals surface area contributed by atoms with Crippen LogP contribution < -0.4 is 15.9 Å². The van der Waals surface area contributed by atoms with E-state index in [9.17, 15) is 4.57 Å². The summed E-state index contributed by atoms with van der Waals surface area (Å²) in [6.07, 6.45) is 0.903. The Hall–Kier alpha value is -0.750. The molecule has 1 aromatic carbocycles. The third kappa shape index (κ3) is 7.71. The largest absolute Gasteiger partial charge is 0.375 e. The van der Waals surface area contributed by atoms with Gasteiger partial charge in [-0.2, -0.15) is 0 Å². The van der Waals surface area contributed by atoms with Gasteiger partial charge in [0.2, 0.25) is 0 Å². The minimum Gasteiger partial charge on any atom is -0.375 e. The van der Waals surface area contributed by atoms with Crippen molar-refractivity contribution in [3.8, 4) is 0 Å². The summed E-state index contributed by atoms with van der Waals surface area (Å²) in [7, 11) is 0.705. The number of nitrogens with zero attached hydrogens (tertiary/aromatic N) is 1. The van der Waals surface area contributed by atoms with Crippen LogP contribution in [0.1, 0.15) is 12.0 Å². The van der Waals surface area contributed by atoms with Crippen LogP contribution in [0.5, 0.6) is 0 Å². The van der Waals surface area contributed by atoms with E-state index in [-0.39, 0.29) is 0 Å². The molecule has 1 rings (SSSR count). The zero-order chi connectivity index (χ0) is 15.6. The van der Waals surface area contributed by atoms with Gasteiger partial charge in [0.05, 0.1) is 13.2 Å². The highest BCUT2D eigenvalue weighted by Crippen LogP contribution is 2.34. The molecule has 21 heavy (non-hydrogen) atoms. The van der Waals surface area contributed by atoms with E-state index >= 15 is 0 Å². The van der Waals surface area contributed by atoms with Gasteiger partial charge < -0.3 is 10.1 Å². The summed E-state index contributed by atoms with van der Waals surface area (Å²) in [5.74, 6) is 0. The van der Waals surface area contributed by atoms with Crippen LogP contribution in [-0.4, -0.2) is 45.0 Å². The first-order valence-electron chi connectivity index (χ1n) is 7.18. The molecule has 120 valence electrons. The molecule has 0 radical (unpaired) electrons.